The van der Waals surface area contributed by atoms with E-state index in [9.17, 15) is 0 Å². The van der Waals surface area contributed by atoms with Gasteiger partial charge in [-0.05, 0) is 42.9 Å². The molecule has 0 aliphatic carbocycles. The molecule has 2 aromatic carbocycles. The van der Waals surface area contributed by atoms with Crippen LogP contribution in [-0.4, -0.2) is 21.3 Å². The summed E-state index contributed by atoms with van der Waals surface area (Å²) < 4.78 is 11.7. The molecule has 1 N–H and O–H groups in total. The maximum atomic E-state index is 6.38. The van der Waals surface area contributed by atoms with Crippen LogP contribution in [0.1, 0.15) is 17.2 Å². The quantitative estimate of drug-likeness (QED) is 0.844. The molecular weight excluding hydrogens is 354 g/mol. The summed E-state index contributed by atoms with van der Waals surface area (Å²) in [5.41, 5.74) is 1.96. The van der Waals surface area contributed by atoms with Crippen LogP contribution >= 0.6 is 27.5 Å². The number of benzene rings is 2. The Labute approximate surface area is 138 Å². The van der Waals surface area contributed by atoms with Gasteiger partial charge >= 0.3 is 0 Å². The van der Waals surface area contributed by atoms with E-state index in [0.717, 1.165) is 27.1 Å². The molecule has 5 heteroatoms. The fourth-order valence-corrected chi connectivity index (χ4v) is 3.06. The summed E-state index contributed by atoms with van der Waals surface area (Å²) in [7, 11) is 5.19. The van der Waals surface area contributed by atoms with E-state index in [2.05, 4.69) is 21.2 Å². The van der Waals surface area contributed by atoms with Crippen LogP contribution in [0.15, 0.2) is 40.9 Å². The number of ether oxygens (including phenoxy) is 2. The zero-order valence-corrected chi connectivity index (χ0v) is 14.5. The van der Waals surface area contributed by atoms with Crippen LogP contribution in [0.25, 0.3) is 0 Å². The lowest BCUT2D eigenvalue weighted by molar-refractivity contribution is 0.395. The molecule has 2 rings (SSSR count). The minimum atomic E-state index is -0.0874. The van der Waals surface area contributed by atoms with E-state index in [1.54, 1.807) is 14.2 Å². The predicted octanol–water partition coefficient (Wildman–Crippen LogP) is 4.43. The smallest absolute Gasteiger partial charge is 0.124 e. The molecular formula is C16H17BrClNO2. The van der Waals surface area contributed by atoms with Crippen LogP contribution < -0.4 is 14.8 Å². The third kappa shape index (κ3) is 3.51. The average molecular weight is 371 g/mol. The highest BCUT2D eigenvalue weighted by Gasteiger charge is 2.20. The molecule has 0 saturated carbocycles. The van der Waals surface area contributed by atoms with E-state index in [0.29, 0.717) is 5.02 Å². The lowest BCUT2D eigenvalue weighted by atomic mass is 9.97. The van der Waals surface area contributed by atoms with E-state index in [1.807, 2.05) is 43.4 Å². The molecule has 1 unspecified atom stereocenters. The second-order valence-electron chi connectivity index (χ2n) is 4.50. The Morgan fingerprint density at radius 3 is 2.38 bits per heavy atom. The van der Waals surface area contributed by atoms with Gasteiger partial charge in [-0.1, -0.05) is 33.6 Å². The minimum Gasteiger partial charge on any atom is -0.497 e. The fourth-order valence-electron chi connectivity index (χ4n) is 2.28. The van der Waals surface area contributed by atoms with Crippen molar-refractivity contribution in [1.82, 2.24) is 5.32 Å². The number of hydrogen-bond donors (Lipinski definition) is 1. The summed E-state index contributed by atoms with van der Waals surface area (Å²) in [6.07, 6.45) is 0. The SMILES string of the molecule is CNC(c1ccc(Br)cc1Cl)c1cc(OC)ccc1OC. The van der Waals surface area contributed by atoms with Crippen molar-refractivity contribution < 1.29 is 9.47 Å². The van der Waals surface area contributed by atoms with Gasteiger partial charge in [0.1, 0.15) is 11.5 Å². The first-order valence-corrected chi connectivity index (χ1v) is 7.62. The second kappa shape index (κ2) is 7.16. The average Bonchev–Trinajstić information content (AvgIpc) is 2.49. The monoisotopic (exact) mass is 369 g/mol. The fraction of sp³-hybridized carbons (Fsp3) is 0.250. The van der Waals surface area contributed by atoms with Crippen molar-refractivity contribution in [2.24, 2.45) is 0 Å². The Kier molecular flexibility index (Phi) is 5.51. The summed E-state index contributed by atoms with van der Waals surface area (Å²) in [4.78, 5) is 0. The lowest BCUT2D eigenvalue weighted by Gasteiger charge is -2.21. The van der Waals surface area contributed by atoms with Crippen LogP contribution in [0.3, 0.4) is 0 Å². The van der Waals surface area contributed by atoms with Gasteiger partial charge in [-0.25, -0.2) is 0 Å². The zero-order valence-electron chi connectivity index (χ0n) is 12.1. The van der Waals surface area contributed by atoms with Crippen LogP contribution in [0, 0.1) is 0 Å². The van der Waals surface area contributed by atoms with E-state index in [4.69, 9.17) is 21.1 Å². The zero-order chi connectivity index (χ0) is 15.4. The van der Waals surface area contributed by atoms with Gasteiger partial charge in [0.2, 0.25) is 0 Å². The standard InChI is InChI=1S/C16H17BrClNO2/c1-19-16(12-6-4-10(17)8-14(12)18)13-9-11(20-2)5-7-15(13)21-3/h4-9,16,19H,1-3H3. The normalized spacial score (nSPS) is 12.0. The highest BCUT2D eigenvalue weighted by Crippen LogP contribution is 2.36. The number of methoxy groups -OCH3 is 2. The molecule has 112 valence electrons. The van der Waals surface area contributed by atoms with Crippen molar-refractivity contribution in [2.75, 3.05) is 21.3 Å². The van der Waals surface area contributed by atoms with Crippen molar-refractivity contribution in [3.8, 4) is 11.5 Å². The summed E-state index contributed by atoms with van der Waals surface area (Å²) in [5.74, 6) is 1.56. The molecule has 0 aliphatic rings. The van der Waals surface area contributed by atoms with E-state index < -0.39 is 0 Å². The van der Waals surface area contributed by atoms with Gasteiger partial charge in [-0.15, -0.1) is 0 Å². The summed E-state index contributed by atoms with van der Waals surface area (Å²) in [5, 5.41) is 3.97. The van der Waals surface area contributed by atoms with Crippen molar-refractivity contribution in [3.05, 3.63) is 57.0 Å². The Morgan fingerprint density at radius 2 is 1.81 bits per heavy atom. The molecule has 0 aliphatic heterocycles. The molecule has 1 atom stereocenters. The molecule has 0 aromatic heterocycles. The molecule has 0 saturated heterocycles. The maximum Gasteiger partial charge on any atom is 0.124 e. The Morgan fingerprint density at radius 1 is 1.05 bits per heavy atom. The molecule has 3 nitrogen and oxygen atoms in total. The third-order valence-electron chi connectivity index (χ3n) is 3.31. The van der Waals surface area contributed by atoms with Crippen LogP contribution in [0.4, 0.5) is 0 Å². The van der Waals surface area contributed by atoms with Gasteiger partial charge in [0.15, 0.2) is 0 Å². The molecule has 0 amide bonds. The molecule has 0 heterocycles. The summed E-state index contributed by atoms with van der Waals surface area (Å²) in [6.45, 7) is 0. The third-order valence-corrected chi connectivity index (χ3v) is 4.13. The van der Waals surface area contributed by atoms with E-state index >= 15 is 0 Å². The van der Waals surface area contributed by atoms with Crippen LogP contribution in [0.5, 0.6) is 11.5 Å². The van der Waals surface area contributed by atoms with Gasteiger partial charge in [0.05, 0.1) is 20.3 Å². The van der Waals surface area contributed by atoms with Crippen molar-refractivity contribution in [2.45, 2.75) is 6.04 Å². The van der Waals surface area contributed by atoms with Crippen LogP contribution in [0.2, 0.25) is 5.02 Å². The van der Waals surface area contributed by atoms with Crippen molar-refractivity contribution >= 4 is 27.5 Å². The van der Waals surface area contributed by atoms with Gasteiger partial charge < -0.3 is 14.8 Å². The highest BCUT2D eigenvalue weighted by atomic mass is 79.9. The molecule has 21 heavy (non-hydrogen) atoms. The van der Waals surface area contributed by atoms with Crippen LogP contribution in [-0.2, 0) is 0 Å². The number of nitrogens with one attached hydrogen (secondary N) is 1. The molecule has 0 spiro atoms. The second-order valence-corrected chi connectivity index (χ2v) is 5.82. The Balaban J connectivity index is 2.54. The number of hydrogen-bond acceptors (Lipinski definition) is 3. The number of halogens is 2. The van der Waals surface area contributed by atoms with Crippen molar-refractivity contribution in [1.29, 1.82) is 0 Å². The van der Waals surface area contributed by atoms with Gasteiger partial charge in [0.25, 0.3) is 0 Å². The first-order chi connectivity index (χ1) is 10.1. The minimum absolute atomic E-state index is 0.0874. The summed E-state index contributed by atoms with van der Waals surface area (Å²) in [6, 6.07) is 11.5. The molecule has 0 bridgehead atoms. The lowest BCUT2D eigenvalue weighted by Crippen LogP contribution is -2.19. The van der Waals surface area contributed by atoms with Gasteiger partial charge in [0, 0.05) is 15.1 Å². The molecule has 0 radical (unpaired) electrons. The molecule has 0 fully saturated rings. The highest BCUT2D eigenvalue weighted by molar-refractivity contribution is 9.10. The first kappa shape index (κ1) is 16.1. The van der Waals surface area contributed by atoms with Crippen molar-refractivity contribution in [3.63, 3.8) is 0 Å². The summed E-state index contributed by atoms with van der Waals surface area (Å²) >= 11 is 9.81. The topological polar surface area (TPSA) is 30.5 Å². The Bertz CT molecular complexity index is 634. The largest absolute Gasteiger partial charge is 0.497 e. The number of rotatable bonds is 5. The molecule has 2 aromatic rings. The first-order valence-electron chi connectivity index (χ1n) is 6.44. The van der Waals surface area contributed by atoms with Gasteiger partial charge in [-0.2, -0.15) is 0 Å². The maximum absolute atomic E-state index is 6.38. The Hall–Kier alpha value is -1.23. The van der Waals surface area contributed by atoms with Gasteiger partial charge in [-0.3, -0.25) is 0 Å². The van der Waals surface area contributed by atoms with E-state index in [1.165, 1.54) is 0 Å². The predicted molar refractivity (Wildman–Crippen MR) is 89.6 cm³/mol. The van der Waals surface area contributed by atoms with E-state index in [-0.39, 0.29) is 6.04 Å².